The molecule has 0 bridgehead atoms. The van der Waals surface area contributed by atoms with E-state index in [2.05, 4.69) is 5.32 Å². The third-order valence-corrected chi connectivity index (χ3v) is 2.05. The topological polar surface area (TPSA) is 73.6 Å². The molecule has 3 N–H and O–H groups in total. The summed E-state index contributed by atoms with van der Waals surface area (Å²) in [7, 11) is 0. The van der Waals surface area contributed by atoms with Crippen molar-refractivity contribution in [2.45, 2.75) is 20.0 Å². The van der Waals surface area contributed by atoms with Crippen molar-refractivity contribution < 1.29 is 14.3 Å². The lowest BCUT2D eigenvalue weighted by molar-refractivity contribution is -0.149. The zero-order valence-corrected chi connectivity index (χ0v) is 10.8. The summed E-state index contributed by atoms with van der Waals surface area (Å²) in [6.07, 6.45) is -0.121. The number of esters is 1. The van der Waals surface area contributed by atoms with Crippen LogP contribution in [-0.2, 0) is 9.53 Å². The van der Waals surface area contributed by atoms with E-state index in [0.717, 1.165) is 12.2 Å². The molecule has 0 spiro atoms. The highest BCUT2D eigenvalue weighted by atomic mass is 16.6. The van der Waals surface area contributed by atoms with Crippen LogP contribution in [0.25, 0.3) is 0 Å². The van der Waals surface area contributed by atoms with Gasteiger partial charge in [-0.15, -0.1) is 0 Å². The summed E-state index contributed by atoms with van der Waals surface area (Å²) in [5, 5.41) is 3.14. The van der Waals surface area contributed by atoms with Gasteiger partial charge >= 0.3 is 5.97 Å². The van der Waals surface area contributed by atoms with Crippen LogP contribution in [0.3, 0.4) is 0 Å². The normalized spacial score (nSPS) is 10.2. The van der Waals surface area contributed by atoms with E-state index in [1.165, 1.54) is 0 Å². The first-order chi connectivity index (χ1) is 8.61. The zero-order chi connectivity index (χ0) is 13.4. The predicted molar refractivity (Wildman–Crippen MR) is 70.7 cm³/mol. The number of hydrogen-bond donors (Lipinski definition) is 2. The molecule has 0 fully saturated rings. The molecule has 1 rings (SSSR count). The van der Waals surface area contributed by atoms with Gasteiger partial charge in [-0.2, -0.15) is 0 Å². The maximum atomic E-state index is 11.3. The highest BCUT2D eigenvalue weighted by molar-refractivity contribution is 5.71. The number of carbonyl (C=O) groups is 1. The molecule has 0 aromatic heterocycles. The zero-order valence-electron chi connectivity index (χ0n) is 10.8. The Labute approximate surface area is 107 Å². The summed E-state index contributed by atoms with van der Waals surface area (Å²) in [6, 6.07) is 7.33. The number of carbonyl (C=O) groups excluding carboxylic acids is 1. The van der Waals surface area contributed by atoms with Crippen molar-refractivity contribution >= 4 is 11.7 Å². The van der Waals surface area contributed by atoms with Crippen molar-refractivity contribution in [3.63, 3.8) is 0 Å². The van der Waals surface area contributed by atoms with E-state index >= 15 is 0 Å². The Bertz CT molecular complexity index is 363. The SMILES string of the molecule is CC(C)OC(=O)COc1ccc(NCCN)cc1. The molecule has 0 aliphatic heterocycles. The molecule has 18 heavy (non-hydrogen) atoms. The van der Waals surface area contributed by atoms with Gasteiger partial charge in [-0.25, -0.2) is 4.79 Å². The molecule has 0 aliphatic rings. The number of ether oxygens (including phenoxy) is 2. The van der Waals surface area contributed by atoms with E-state index in [0.29, 0.717) is 12.3 Å². The van der Waals surface area contributed by atoms with E-state index in [9.17, 15) is 4.79 Å². The summed E-state index contributed by atoms with van der Waals surface area (Å²) in [5.41, 5.74) is 6.36. The molecule has 5 heteroatoms. The van der Waals surface area contributed by atoms with Crippen LogP contribution in [0.1, 0.15) is 13.8 Å². The third-order valence-electron chi connectivity index (χ3n) is 2.05. The monoisotopic (exact) mass is 252 g/mol. The summed E-state index contributed by atoms with van der Waals surface area (Å²) < 4.78 is 10.3. The average molecular weight is 252 g/mol. The van der Waals surface area contributed by atoms with Gasteiger partial charge in [0.05, 0.1) is 6.10 Å². The summed E-state index contributed by atoms with van der Waals surface area (Å²) >= 11 is 0. The molecule has 5 nitrogen and oxygen atoms in total. The largest absolute Gasteiger partial charge is 0.482 e. The molecule has 0 atom stereocenters. The van der Waals surface area contributed by atoms with Gasteiger partial charge in [0, 0.05) is 18.8 Å². The van der Waals surface area contributed by atoms with Crippen molar-refractivity contribution in [3.8, 4) is 5.75 Å². The second-order valence-corrected chi connectivity index (χ2v) is 4.07. The van der Waals surface area contributed by atoms with Crippen LogP contribution in [-0.4, -0.2) is 31.8 Å². The minimum absolute atomic E-state index is 0.0756. The van der Waals surface area contributed by atoms with E-state index < -0.39 is 0 Å². The van der Waals surface area contributed by atoms with E-state index in [4.69, 9.17) is 15.2 Å². The molecule has 1 aromatic rings. The fourth-order valence-electron chi connectivity index (χ4n) is 1.32. The van der Waals surface area contributed by atoms with Gasteiger partial charge in [0.25, 0.3) is 0 Å². The van der Waals surface area contributed by atoms with Gasteiger partial charge in [-0.1, -0.05) is 0 Å². The van der Waals surface area contributed by atoms with Gasteiger partial charge in [0.2, 0.25) is 0 Å². The molecule has 0 aliphatic carbocycles. The molecule has 1 aromatic carbocycles. The predicted octanol–water partition coefficient (Wildman–Crippen LogP) is 1.39. The number of nitrogens with two attached hydrogens (primary N) is 1. The average Bonchev–Trinajstić information content (AvgIpc) is 2.34. The number of hydrogen-bond acceptors (Lipinski definition) is 5. The maximum absolute atomic E-state index is 11.3. The molecule has 0 unspecified atom stereocenters. The van der Waals surface area contributed by atoms with E-state index in [-0.39, 0.29) is 18.7 Å². The molecule has 0 heterocycles. The first kappa shape index (κ1) is 14.3. The Balaban J connectivity index is 2.37. The molecule has 0 amide bonds. The minimum Gasteiger partial charge on any atom is -0.482 e. The van der Waals surface area contributed by atoms with Gasteiger partial charge in [-0.3, -0.25) is 0 Å². The van der Waals surface area contributed by atoms with E-state index in [1.54, 1.807) is 26.0 Å². The molecular formula is C13H20N2O3. The Morgan fingerprint density at radius 3 is 2.56 bits per heavy atom. The highest BCUT2D eigenvalue weighted by Crippen LogP contribution is 2.15. The summed E-state index contributed by atoms with van der Waals surface area (Å²) in [5.74, 6) is 0.268. The standard InChI is InChI=1S/C13H20N2O3/c1-10(2)18-13(16)9-17-12-5-3-11(4-6-12)15-8-7-14/h3-6,10,15H,7-9,14H2,1-2H3. The Morgan fingerprint density at radius 1 is 1.33 bits per heavy atom. The second kappa shape index (κ2) is 7.55. The van der Waals surface area contributed by atoms with Crippen LogP contribution in [0.2, 0.25) is 0 Å². The van der Waals surface area contributed by atoms with Crippen molar-refractivity contribution in [2.24, 2.45) is 5.73 Å². The van der Waals surface area contributed by atoms with Crippen LogP contribution in [0.4, 0.5) is 5.69 Å². The lowest BCUT2D eigenvalue weighted by atomic mass is 10.3. The molecule has 0 saturated heterocycles. The summed E-state index contributed by atoms with van der Waals surface area (Å²) in [6.45, 7) is 4.83. The minimum atomic E-state index is -0.365. The molecule has 0 saturated carbocycles. The van der Waals surface area contributed by atoms with E-state index in [1.807, 2.05) is 12.1 Å². The van der Waals surface area contributed by atoms with Crippen molar-refractivity contribution in [2.75, 3.05) is 25.0 Å². The first-order valence-corrected chi connectivity index (χ1v) is 5.98. The molecule has 100 valence electrons. The van der Waals surface area contributed by atoms with Gasteiger partial charge in [0.15, 0.2) is 6.61 Å². The number of benzene rings is 1. The Morgan fingerprint density at radius 2 is 2.00 bits per heavy atom. The Kier molecular flexibility index (Phi) is 6.00. The van der Waals surface area contributed by atoms with Gasteiger partial charge in [-0.05, 0) is 38.1 Å². The number of nitrogens with one attached hydrogen (secondary N) is 1. The smallest absolute Gasteiger partial charge is 0.344 e. The Hall–Kier alpha value is -1.75. The van der Waals surface area contributed by atoms with Gasteiger partial charge < -0.3 is 20.5 Å². The fraction of sp³-hybridized carbons (Fsp3) is 0.462. The first-order valence-electron chi connectivity index (χ1n) is 5.98. The number of rotatable bonds is 7. The number of anilines is 1. The van der Waals surface area contributed by atoms with Crippen LogP contribution >= 0.6 is 0 Å². The fourth-order valence-corrected chi connectivity index (χ4v) is 1.32. The third kappa shape index (κ3) is 5.54. The van der Waals surface area contributed by atoms with Crippen LogP contribution in [0.15, 0.2) is 24.3 Å². The highest BCUT2D eigenvalue weighted by Gasteiger charge is 2.06. The van der Waals surface area contributed by atoms with Crippen molar-refractivity contribution in [1.82, 2.24) is 0 Å². The summed E-state index contributed by atoms with van der Waals surface area (Å²) in [4.78, 5) is 11.3. The van der Waals surface area contributed by atoms with Crippen molar-refractivity contribution in [1.29, 1.82) is 0 Å². The quantitative estimate of drug-likeness (QED) is 0.717. The molecular weight excluding hydrogens is 232 g/mol. The molecule has 0 radical (unpaired) electrons. The van der Waals surface area contributed by atoms with Crippen LogP contribution in [0, 0.1) is 0 Å². The van der Waals surface area contributed by atoms with Gasteiger partial charge in [0.1, 0.15) is 5.75 Å². The van der Waals surface area contributed by atoms with Crippen LogP contribution in [0.5, 0.6) is 5.75 Å². The van der Waals surface area contributed by atoms with Crippen LogP contribution < -0.4 is 15.8 Å². The lowest BCUT2D eigenvalue weighted by Crippen LogP contribution is -2.18. The van der Waals surface area contributed by atoms with Crippen molar-refractivity contribution in [3.05, 3.63) is 24.3 Å². The lowest BCUT2D eigenvalue weighted by Gasteiger charge is -2.10. The maximum Gasteiger partial charge on any atom is 0.344 e. The second-order valence-electron chi connectivity index (χ2n) is 4.07.